The first kappa shape index (κ1) is 17.4. The first-order valence-electron chi connectivity index (χ1n) is 8.50. The normalized spacial score (nSPS) is 15.4. The van der Waals surface area contributed by atoms with Crippen molar-refractivity contribution in [2.24, 2.45) is 0 Å². The molecule has 1 saturated heterocycles. The Morgan fingerprint density at radius 1 is 1.04 bits per heavy atom. The molecule has 0 N–H and O–H groups in total. The number of halogens is 2. The summed E-state index contributed by atoms with van der Waals surface area (Å²) in [5.41, 5.74) is 2.57. The van der Waals surface area contributed by atoms with Crippen LogP contribution in [0.3, 0.4) is 0 Å². The largest absolute Gasteiger partial charge is 0.369 e. The lowest BCUT2D eigenvalue weighted by atomic mass is 10.1. The van der Waals surface area contributed by atoms with Gasteiger partial charge in [0.15, 0.2) is 0 Å². The number of hydrogen-bond acceptors (Lipinski definition) is 5. The maximum Gasteiger partial charge on any atom is 0.131 e. The predicted molar refractivity (Wildman–Crippen MR) is 104 cm³/mol. The van der Waals surface area contributed by atoms with Gasteiger partial charge in [0.2, 0.25) is 0 Å². The third-order valence-corrected chi connectivity index (χ3v) is 5.63. The number of aromatic nitrogens is 2. The second kappa shape index (κ2) is 7.70. The zero-order valence-electron chi connectivity index (χ0n) is 14.1. The molecule has 0 radical (unpaired) electrons. The van der Waals surface area contributed by atoms with Crippen LogP contribution in [0, 0.1) is 5.82 Å². The summed E-state index contributed by atoms with van der Waals surface area (Å²) in [6, 6.07) is 14.7. The third kappa shape index (κ3) is 3.72. The molecule has 0 bridgehead atoms. The molecule has 0 atom stereocenters. The fraction of sp³-hybridized carbons (Fsp3) is 0.263. The lowest BCUT2D eigenvalue weighted by molar-refractivity contribution is 0.247. The smallest absolute Gasteiger partial charge is 0.131 e. The molecule has 0 unspecified atom stereocenters. The lowest BCUT2D eigenvalue weighted by Crippen LogP contribution is -2.46. The number of piperazine rings is 1. The summed E-state index contributed by atoms with van der Waals surface area (Å²) in [5, 5.41) is 5.00. The van der Waals surface area contributed by atoms with E-state index in [0.29, 0.717) is 12.1 Å². The van der Waals surface area contributed by atoms with Crippen LogP contribution < -0.4 is 4.90 Å². The third-order valence-electron chi connectivity index (χ3n) is 4.59. The highest BCUT2D eigenvalue weighted by atomic mass is 35.5. The van der Waals surface area contributed by atoms with Gasteiger partial charge in [-0.15, -0.1) is 5.10 Å². The molecule has 2 heterocycles. The summed E-state index contributed by atoms with van der Waals surface area (Å²) in [6.45, 7) is 4.37. The van der Waals surface area contributed by atoms with Gasteiger partial charge in [0.1, 0.15) is 5.82 Å². The number of rotatable bonds is 4. The number of benzene rings is 2. The van der Waals surface area contributed by atoms with Crippen LogP contribution in [0.15, 0.2) is 48.5 Å². The molecule has 1 aromatic heterocycles. The predicted octanol–water partition coefficient (Wildman–Crippen LogP) is 4.32. The van der Waals surface area contributed by atoms with Crippen molar-refractivity contribution in [2.45, 2.75) is 6.54 Å². The Morgan fingerprint density at radius 2 is 1.85 bits per heavy atom. The van der Waals surface area contributed by atoms with Crippen LogP contribution in [0.4, 0.5) is 10.1 Å². The van der Waals surface area contributed by atoms with Crippen molar-refractivity contribution in [3.05, 3.63) is 65.1 Å². The summed E-state index contributed by atoms with van der Waals surface area (Å²) in [7, 11) is 0. The minimum Gasteiger partial charge on any atom is -0.369 e. The Balaban J connectivity index is 1.43. The fourth-order valence-electron chi connectivity index (χ4n) is 3.21. The van der Waals surface area contributed by atoms with E-state index in [1.807, 2.05) is 24.3 Å². The molecule has 0 aliphatic carbocycles. The molecular weight excluding hydrogens is 371 g/mol. The molecule has 1 fully saturated rings. The highest BCUT2D eigenvalue weighted by molar-refractivity contribution is 7.09. The number of anilines is 1. The van der Waals surface area contributed by atoms with Crippen LogP contribution in [-0.2, 0) is 6.54 Å². The van der Waals surface area contributed by atoms with Gasteiger partial charge in [0, 0.05) is 49.0 Å². The van der Waals surface area contributed by atoms with Crippen molar-refractivity contribution in [2.75, 3.05) is 31.1 Å². The second-order valence-corrected chi connectivity index (χ2v) is 7.46. The van der Waals surface area contributed by atoms with Gasteiger partial charge in [-0.2, -0.15) is 0 Å². The van der Waals surface area contributed by atoms with Crippen molar-refractivity contribution >= 4 is 28.8 Å². The highest BCUT2D eigenvalue weighted by Gasteiger charge is 2.21. The van der Waals surface area contributed by atoms with Gasteiger partial charge < -0.3 is 4.90 Å². The van der Waals surface area contributed by atoms with Crippen molar-refractivity contribution < 1.29 is 4.39 Å². The Morgan fingerprint density at radius 3 is 2.62 bits per heavy atom. The topological polar surface area (TPSA) is 32.3 Å². The molecule has 7 heteroatoms. The van der Waals surface area contributed by atoms with Crippen LogP contribution in [0.25, 0.3) is 10.4 Å². The van der Waals surface area contributed by atoms with E-state index < -0.39 is 0 Å². The van der Waals surface area contributed by atoms with Crippen LogP contribution >= 0.6 is 23.1 Å². The standard InChI is InChI=1S/C19H18ClFN4S/c20-14-4-3-5-15(12-14)25-10-8-24(9-11-25)13-18-19(26-23-22-18)16-6-1-2-7-17(16)21/h1-7,12H,8-11,13H2. The summed E-state index contributed by atoms with van der Waals surface area (Å²) >= 11 is 7.35. The van der Waals surface area contributed by atoms with E-state index in [9.17, 15) is 4.39 Å². The average molecular weight is 389 g/mol. The van der Waals surface area contributed by atoms with Gasteiger partial charge in [-0.25, -0.2) is 4.39 Å². The van der Waals surface area contributed by atoms with Gasteiger partial charge in [-0.1, -0.05) is 40.4 Å². The van der Waals surface area contributed by atoms with E-state index >= 15 is 0 Å². The summed E-state index contributed by atoms with van der Waals surface area (Å²) in [6.07, 6.45) is 0. The van der Waals surface area contributed by atoms with Crippen molar-refractivity contribution in [3.8, 4) is 10.4 Å². The van der Waals surface area contributed by atoms with Gasteiger partial charge in [0.25, 0.3) is 0 Å². The molecular formula is C19H18ClFN4S. The van der Waals surface area contributed by atoms with Crippen molar-refractivity contribution in [1.82, 2.24) is 14.5 Å². The van der Waals surface area contributed by atoms with Crippen LogP contribution in [0.2, 0.25) is 5.02 Å². The summed E-state index contributed by atoms with van der Waals surface area (Å²) in [5.74, 6) is -0.231. The molecule has 0 saturated carbocycles. The van der Waals surface area contributed by atoms with Crippen LogP contribution in [0.1, 0.15) is 5.69 Å². The van der Waals surface area contributed by atoms with E-state index in [0.717, 1.165) is 47.5 Å². The highest BCUT2D eigenvalue weighted by Crippen LogP contribution is 2.29. The number of hydrogen-bond donors (Lipinski definition) is 0. The fourth-order valence-corrected chi connectivity index (χ4v) is 4.09. The SMILES string of the molecule is Fc1ccccc1-c1snnc1CN1CCN(c2cccc(Cl)c2)CC1. The molecule has 2 aromatic carbocycles. The molecule has 4 nitrogen and oxygen atoms in total. The zero-order valence-corrected chi connectivity index (χ0v) is 15.7. The first-order valence-corrected chi connectivity index (χ1v) is 9.65. The zero-order chi connectivity index (χ0) is 17.9. The van der Waals surface area contributed by atoms with E-state index in [-0.39, 0.29) is 5.82 Å². The van der Waals surface area contributed by atoms with Crippen LogP contribution in [-0.4, -0.2) is 40.7 Å². The lowest BCUT2D eigenvalue weighted by Gasteiger charge is -2.35. The monoisotopic (exact) mass is 388 g/mol. The Bertz CT molecular complexity index is 893. The average Bonchev–Trinajstić information content (AvgIpc) is 3.11. The Kier molecular flexibility index (Phi) is 5.15. The Labute approximate surface area is 161 Å². The maximum atomic E-state index is 14.1. The number of nitrogens with zero attached hydrogens (tertiary/aromatic N) is 4. The summed E-state index contributed by atoms with van der Waals surface area (Å²) < 4.78 is 18.2. The van der Waals surface area contributed by atoms with Gasteiger partial charge in [-0.3, -0.25) is 4.90 Å². The maximum absolute atomic E-state index is 14.1. The van der Waals surface area contributed by atoms with E-state index in [1.54, 1.807) is 12.1 Å². The Hall–Kier alpha value is -2.02. The van der Waals surface area contributed by atoms with E-state index in [2.05, 4.69) is 25.5 Å². The molecule has 0 amide bonds. The quantitative estimate of drug-likeness (QED) is 0.666. The minimum absolute atomic E-state index is 0.231. The van der Waals surface area contributed by atoms with Crippen molar-refractivity contribution in [1.29, 1.82) is 0 Å². The molecule has 26 heavy (non-hydrogen) atoms. The van der Waals surface area contributed by atoms with Gasteiger partial charge >= 0.3 is 0 Å². The van der Waals surface area contributed by atoms with E-state index in [1.165, 1.54) is 17.6 Å². The molecule has 0 spiro atoms. The second-order valence-electron chi connectivity index (χ2n) is 6.27. The molecule has 3 aromatic rings. The van der Waals surface area contributed by atoms with Gasteiger partial charge in [-0.05, 0) is 35.8 Å². The molecule has 1 aliphatic heterocycles. The van der Waals surface area contributed by atoms with Crippen molar-refractivity contribution in [3.63, 3.8) is 0 Å². The molecule has 1 aliphatic rings. The first-order chi connectivity index (χ1) is 12.7. The summed E-state index contributed by atoms with van der Waals surface area (Å²) in [4.78, 5) is 5.49. The molecule has 4 rings (SSSR count). The minimum atomic E-state index is -0.231. The van der Waals surface area contributed by atoms with E-state index in [4.69, 9.17) is 11.6 Å². The van der Waals surface area contributed by atoms with Gasteiger partial charge in [0.05, 0.1) is 10.6 Å². The molecule has 134 valence electrons. The van der Waals surface area contributed by atoms with Crippen LogP contribution in [0.5, 0.6) is 0 Å².